The molecule has 0 bridgehead atoms. The Bertz CT molecular complexity index is 621. The number of pyridine rings is 1. The third-order valence-electron chi connectivity index (χ3n) is 2.75. The molecule has 100 valence electrons. The van der Waals surface area contributed by atoms with Gasteiger partial charge < -0.3 is 5.73 Å². The first-order chi connectivity index (χ1) is 8.80. The van der Waals surface area contributed by atoms with E-state index in [0.717, 1.165) is 6.07 Å². The number of aryl methyl sites for hydroxylation is 1. The number of anilines is 1. The molecule has 0 atom stereocenters. The summed E-state index contributed by atoms with van der Waals surface area (Å²) in [5.74, 6) is -1.32. The zero-order valence-corrected chi connectivity index (χ0v) is 9.92. The highest BCUT2D eigenvalue weighted by Gasteiger charge is 2.34. The van der Waals surface area contributed by atoms with Crippen molar-refractivity contribution in [1.29, 1.82) is 0 Å². The zero-order chi connectivity index (χ0) is 14.2. The largest absolute Gasteiger partial charge is 0.419 e. The first-order valence-electron chi connectivity index (χ1n) is 5.39. The topological polar surface area (TPSA) is 38.9 Å². The fourth-order valence-electron chi connectivity index (χ4n) is 1.69. The van der Waals surface area contributed by atoms with E-state index in [1.54, 1.807) is 13.0 Å². The molecule has 0 radical (unpaired) electrons. The second-order valence-electron chi connectivity index (χ2n) is 4.08. The van der Waals surface area contributed by atoms with Crippen LogP contribution >= 0.6 is 0 Å². The monoisotopic (exact) mass is 270 g/mol. The Kier molecular flexibility index (Phi) is 3.18. The van der Waals surface area contributed by atoms with Crippen LogP contribution in [0.1, 0.15) is 11.1 Å². The molecular weight excluding hydrogens is 260 g/mol. The summed E-state index contributed by atoms with van der Waals surface area (Å²) >= 11 is 0. The van der Waals surface area contributed by atoms with Crippen LogP contribution in [0.4, 0.5) is 23.2 Å². The maximum atomic E-state index is 13.2. The van der Waals surface area contributed by atoms with Crippen molar-refractivity contribution in [2.45, 2.75) is 13.1 Å². The van der Waals surface area contributed by atoms with Gasteiger partial charge in [0.2, 0.25) is 0 Å². The number of benzene rings is 1. The second-order valence-corrected chi connectivity index (χ2v) is 4.08. The average molecular weight is 270 g/mol. The predicted octanol–water partition coefficient (Wildman–Crippen LogP) is 3.80. The van der Waals surface area contributed by atoms with Gasteiger partial charge in [-0.1, -0.05) is 0 Å². The molecule has 2 nitrogen and oxygen atoms in total. The number of halogens is 4. The Morgan fingerprint density at radius 1 is 1.16 bits per heavy atom. The van der Waals surface area contributed by atoms with Crippen LogP contribution < -0.4 is 5.73 Å². The van der Waals surface area contributed by atoms with Crippen LogP contribution in [0, 0.1) is 12.7 Å². The predicted molar refractivity (Wildman–Crippen MR) is 63.8 cm³/mol. The van der Waals surface area contributed by atoms with Crippen molar-refractivity contribution in [2.24, 2.45) is 0 Å². The van der Waals surface area contributed by atoms with Gasteiger partial charge in [-0.05, 0) is 36.8 Å². The van der Waals surface area contributed by atoms with Gasteiger partial charge in [0.25, 0.3) is 0 Å². The van der Waals surface area contributed by atoms with Gasteiger partial charge in [-0.3, -0.25) is 4.98 Å². The minimum Gasteiger partial charge on any atom is -0.397 e. The first kappa shape index (κ1) is 13.3. The Labute approximate surface area is 106 Å². The number of hydrogen-bond donors (Lipinski definition) is 1. The van der Waals surface area contributed by atoms with Crippen molar-refractivity contribution in [2.75, 3.05) is 5.73 Å². The number of hydrogen-bond acceptors (Lipinski definition) is 2. The fourth-order valence-corrected chi connectivity index (χ4v) is 1.69. The molecule has 1 aromatic heterocycles. The Hall–Kier alpha value is -2.11. The standard InChI is InChI=1S/C13H10F4N2/c1-7-4-5-19-12(11(7)18)8-2-3-10(14)9(6-8)13(15,16)17/h2-6H,18H2,1H3. The maximum Gasteiger partial charge on any atom is 0.419 e. The smallest absolute Gasteiger partial charge is 0.397 e. The lowest BCUT2D eigenvalue weighted by molar-refractivity contribution is -0.139. The maximum absolute atomic E-state index is 13.2. The molecule has 0 aliphatic heterocycles. The van der Waals surface area contributed by atoms with Gasteiger partial charge in [0.05, 0.1) is 16.9 Å². The summed E-state index contributed by atoms with van der Waals surface area (Å²) in [7, 11) is 0. The third kappa shape index (κ3) is 2.52. The van der Waals surface area contributed by atoms with Crippen molar-refractivity contribution in [3.63, 3.8) is 0 Å². The summed E-state index contributed by atoms with van der Waals surface area (Å²) in [6, 6.07) is 4.35. The van der Waals surface area contributed by atoms with E-state index in [4.69, 9.17) is 5.73 Å². The molecule has 0 amide bonds. The van der Waals surface area contributed by atoms with Crippen LogP contribution in [0.3, 0.4) is 0 Å². The molecule has 19 heavy (non-hydrogen) atoms. The highest BCUT2D eigenvalue weighted by Crippen LogP contribution is 2.35. The molecule has 0 unspecified atom stereocenters. The van der Waals surface area contributed by atoms with Crippen molar-refractivity contribution in [3.8, 4) is 11.3 Å². The van der Waals surface area contributed by atoms with Gasteiger partial charge in [0.15, 0.2) is 0 Å². The molecule has 0 aliphatic rings. The number of rotatable bonds is 1. The summed E-state index contributed by atoms with van der Waals surface area (Å²) in [6.45, 7) is 1.72. The van der Waals surface area contributed by atoms with Gasteiger partial charge in [-0.25, -0.2) is 4.39 Å². The van der Waals surface area contributed by atoms with Gasteiger partial charge in [0.1, 0.15) is 5.82 Å². The number of nitrogens with zero attached hydrogens (tertiary/aromatic N) is 1. The molecule has 0 saturated carbocycles. The molecule has 1 aromatic carbocycles. The van der Waals surface area contributed by atoms with E-state index >= 15 is 0 Å². The van der Waals surface area contributed by atoms with E-state index in [2.05, 4.69) is 4.98 Å². The minimum absolute atomic E-state index is 0.134. The van der Waals surface area contributed by atoms with Crippen LogP contribution in [0.2, 0.25) is 0 Å². The molecule has 0 saturated heterocycles. The van der Waals surface area contributed by atoms with Gasteiger partial charge >= 0.3 is 6.18 Å². The summed E-state index contributed by atoms with van der Waals surface area (Å²) in [6.07, 6.45) is -3.31. The quantitative estimate of drug-likeness (QED) is 0.800. The summed E-state index contributed by atoms with van der Waals surface area (Å²) in [4.78, 5) is 3.95. The normalized spacial score (nSPS) is 11.6. The Balaban J connectivity index is 2.62. The summed E-state index contributed by atoms with van der Waals surface area (Å²) in [5.41, 5.74) is 5.77. The van der Waals surface area contributed by atoms with Crippen LogP contribution in [-0.4, -0.2) is 4.98 Å². The Morgan fingerprint density at radius 2 is 1.84 bits per heavy atom. The third-order valence-corrected chi connectivity index (χ3v) is 2.75. The van der Waals surface area contributed by atoms with Gasteiger partial charge in [-0.2, -0.15) is 13.2 Å². The first-order valence-corrected chi connectivity index (χ1v) is 5.39. The zero-order valence-electron chi connectivity index (χ0n) is 9.92. The van der Waals surface area contributed by atoms with Crippen LogP contribution in [-0.2, 0) is 6.18 Å². The number of alkyl halides is 3. The molecule has 1 heterocycles. The highest BCUT2D eigenvalue weighted by atomic mass is 19.4. The van der Waals surface area contributed by atoms with Crippen molar-refractivity contribution in [1.82, 2.24) is 4.98 Å². The van der Waals surface area contributed by atoms with Crippen LogP contribution in [0.5, 0.6) is 0 Å². The van der Waals surface area contributed by atoms with Crippen molar-refractivity contribution < 1.29 is 17.6 Å². The van der Waals surface area contributed by atoms with Crippen LogP contribution in [0.15, 0.2) is 30.5 Å². The van der Waals surface area contributed by atoms with E-state index < -0.39 is 17.6 Å². The average Bonchev–Trinajstić information content (AvgIpc) is 2.32. The molecule has 6 heteroatoms. The number of nitrogens with two attached hydrogens (primary N) is 1. The van der Waals surface area contributed by atoms with E-state index in [9.17, 15) is 17.6 Å². The lowest BCUT2D eigenvalue weighted by atomic mass is 10.0. The van der Waals surface area contributed by atoms with Gasteiger partial charge in [-0.15, -0.1) is 0 Å². The fraction of sp³-hybridized carbons (Fsp3) is 0.154. The molecule has 2 aromatic rings. The lowest BCUT2D eigenvalue weighted by Gasteiger charge is -2.11. The summed E-state index contributed by atoms with van der Waals surface area (Å²) < 4.78 is 51.1. The molecular formula is C13H10F4N2. The molecule has 0 fully saturated rings. The summed E-state index contributed by atoms with van der Waals surface area (Å²) in [5, 5.41) is 0. The lowest BCUT2D eigenvalue weighted by Crippen LogP contribution is -2.08. The van der Waals surface area contributed by atoms with Crippen LogP contribution in [0.25, 0.3) is 11.3 Å². The van der Waals surface area contributed by atoms with E-state index in [0.29, 0.717) is 11.6 Å². The number of nitrogen functional groups attached to an aromatic ring is 1. The SMILES string of the molecule is Cc1ccnc(-c2ccc(F)c(C(F)(F)F)c2)c1N. The van der Waals surface area contributed by atoms with Gasteiger partial charge in [0, 0.05) is 11.8 Å². The second kappa shape index (κ2) is 4.53. The van der Waals surface area contributed by atoms with E-state index in [1.165, 1.54) is 12.3 Å². The minimum atomic E-state index is -4.75. The van der Waals surface area contributed by atoms with Crippen molar-refractivity contribution in [3.05, 3.63) is 47.4 Å². The van der Waals surface area contributed by atoms with Crippen molar-refractivity contribution >= 4 is 5.69 Å². The molecule has 2 N–H and O–H groups in total. The molecule has 2 rings (SSSR count). The Morgan fingerprint density at radius 3 is 2.47 bits per heavy atom. The number of aromatic nitrogens is 1. The van der Waals surface area contributed by atoms with E-state index in [1.807, 2.05) is 0 Å². The molecule has 0 spiro atoms. The van der Waals surface area contributed by atoms with E-state index in [-0.39, 0.29) is 16.9 Å². The molecule has 0 aliphatic carbocycles. The highest BCUT2D eigenvalue weighted by molar-refractivity contribution is 5.75.